The third-order valence-corrected chi connectivity index (χ3v) is 5.71. The van der Waals surface area contributed by atoms with E-state index in [0.29, 0.717) is 10.9 Å². The number of carbonyl (C=O) groups is 1. The summed E-state index contributed by atoms with van der Waals surface area (Å²) >= 11 is 11.8. The van der Waals surface area contributed by atoms with Crippen LogP contribution in [0.3, 0.4) is 0 Å². The van der Waals surface area contributed by atoms with Gasteiger partial charge in [0.15, 0.2) is 0 Å². The average molecular weight is 415 g/mol. The summed E-state index contributed by atoms with van der Waals surface area (Å²) in [5.74, 6) is 1.27. The van der Waals surface area contributed by atoms with Crippen LogP contribution in [-0.2, 0) is 9.09 Å². The van der Waals surface area contributed by atoms with Gasteiger partial charge in [-0.2, -0.15) is 0 Å². The number of aromatic carboxylic acids is 1. The molecule has 0 amide bonds. The topological polar surface area (TPSA) is 83.8 Å². The van der Waals surface area contributed by atoms with Gasteiger partial charge in [-0.25, -0.2) is 4.79 Å². The molecule has 0 aliphatic carbocycles. The Labute approximate surface area is 162 Å². The van der Waals surface area contributed by atoms with Gasteiger partial charge in [-0.1, -0.05) is 47.9 Å². The van der Waals surface area contributed by atoms with E-state index >= 15 is 0 Å². The molecular formula is C18H17Cl2O5P. The molecule has 0 bridgehead atoms. The van der Waals surface area contributed by atoms with E-state index in [-0.39, 0.29) is 28.0 Å². The third-order valence-electron chi connectivity index (χ3n) is 3.00. The molecule has 0 spiro atoms. The number of hydrogen-bond donors (Lipinski definition) is 2. The molecule has 26 heavy (non-hydrogen) atoms. The Morgan fingerprint density at radius 1 is 1.35 bits per heavy atom. The summed E-state index contributed by atoms with van der Waals surface area (Å²) in [6.45, 7) is 6.75. The summed E-state index contributed by atoms with van der Waals surface area (Å²) in [4.78, 5) is 11.1. The van der Waals surface area contributed by atoms with Crippen LogP contribution in [0.5, 0.6) is 0 Å². The molecule has 5 nitrogen and oxygen atoms in total. The lowest BCUT2D eigenvalue weighted by molar-refractivity contribution is 0.0697. The standard InChI is InChI=1S/C18H17Cl2O5P/c1-4-25-26(24,13(3)7-5-6-12(2)21)9-8-14-10-15(19)17(18(22)23)16(20)11-14/h5-7,10-11,21H,2,4H2,1,3H3,(H,22,23)/b6-5-,13-7+. The Morgan fingerprint density at radius 3 is 2.38 bits per heavy atom. The lowest BCUT2D eigenvalue weighted by Gasteiger charge is -2.11. The average Bonchev–Trinajstić information content (AvgIpc) is 2.51. The van der Waals surface area contributed by atoms with Crippen LogP contribution in [0.25, 0.3) is 0 Å². The molecular weight excluding hydrogens is 398 g/mol. The fraction of sp³-hybridized carbons (Fsp3) is 0.167. The summed E-state index contributed by atoms with van der Waals surface area (Å²) in [6.07, 6.45) is 4.30. The fourth-order valence-electron chi connectivity index (χ4n) is 1.79. The van der Waals surface area contributed by atoms with E-state index in [1.54, 1.807) is 13.8 Å². The van der Waals surface area contributed by atoms with Crippen LogP contribution >= 0.6 is 30.6 Å². The maximum absolute atomic E-state index is 13.0. The molecule has 0 radical (unpaired) electrons. The summed E-state index contributed by atoms with van der Waals surface area (Å²) in [6, 6.07) is 2.66. The number of rotatable bonds is 6. The Kier molecular flexibility index (Phi) is 8.20. The highest BCUT2D eigenvalue weighted by Gasteiger charge is 2.22. The molecule has 1 aromatic carbocycles. The lowest BCUT2D eigenvalue weighted by atomic mass is 10.1. The molecule has 1 aromatic rings. The maximum Gasteiger partial charge on any atom is 0.338 e. The lowest BCUT2D eigenvalue weighted by Crippen LogP contribution is -1.99. The Bertz CT molecular complexity index is 868. The first kappa shape index (κ1) is 22.1. The SMILES string of the molecule is C=C(O)/C=C\C=C(/C)P(=O)(C#Cc1cc(Cl)c(C(=O)O)c(Cl)c1)OCC. The van der Waals surface area contributed by atoms with Gasteiger partial charge < -0.3 is 14.7 Å². The molecule has 1 atom stereocenters. The second-order valence-corrected chi connectivity index (χ2v) is 8.09. The first-order chi connectivity index (χ1) is 12.1. The Morgan fingerprint density at radius 2 is 1.92 bits per heavy atom. The van der Waals surface area contributed by atoms with Crippen LogP contribution < -0.4 is 0 Å². The molecule has 0 heterocycles. The van der Waals surface area contributed by atoms with Gasteiger partial charge in [0.2, 0.25) is 0 Å². The number of aliphatic hydroxyl groups is 1. The van der Waals surface area contributed by atoms with Crippen LogP contribution in [0.2, 0.25) is 10.0 Å². The zero-order valence-electron chi connectivity index (χ0n) is 14.1. The molecule has 0 saturated carbocycles. The van der Waals surface area contributed by atoms with Gasteiger partial charge in [0.25, 0.3) is 7.37 Å². The smallest absolute Gasteiger partial charge is 0.338 e. The number of carboxylic acids is 1. The second-order valence-electron chi connectivity index (χ2n) is 4.98. The van der Waals surface area contributed by atoms with E-state index in [1.165, 1.54) is 30.4 Å². The van der Waals surface area contributed by atoms with E-state index in [9.17, 15) is 9.36 Å². The number of benzene rings is 1. The number of aliphatic hydroxyl groups excluding tert-OH is 1. The first-order valence-corrected chi connectivity index (χ1v) is 9.72. The molecule has 0 fully saturated rings. The molecule has 1 unspecified atom stereocenters. The van der Waals surface area contributed by atoms with E-state index in [0.717, 1.165) is 0 Å². The van der Waals surface area contributed by atoms with E-state index < -0.39 is 13.3 Å². The zero-order valence-corrected chi connectivity index (χ0v) is 16.5. The predicted octanol–water partition coefficient (Wildman–Crippen LogP) is 5.85. The van der Waals surface area contributed by atoms with Crippen molar-refractivity contribution in [3.8, 4) is 11.6 Å². The van der Waals surface area contributed by atoms with Crippen molar-refractivity contribution in [2.24, 2.45) is 0 Å². The highest BCUT2D eigenvalue weighted by Crippen LogP contribution is 2.53. The minimum Gasteiger partial charge on any atom is -0.509 e. The van der Waals surface area contributed by atoms with E-state index in [2.05, 4.69) is 18.2 Å². The van der Waals surface area contributed by atoms with Gasteiger partial charge in [-0.05, 0) is 37.7 Å². The van der Waals surface area contributed by atoms with Gasteiger partial charge in [0.1, 0.15) is 5.76 Å². The quantitative estimate of drug-likeness (QED) is 0.264. The molecule has 0 saturated heterocycles. The van der Waals surface area contributed by atoms with Gasteiger partial charge in [0.05, 0.1) is 22.2 Å². The minimum atomic E-state index is -3.46. The van der Waals surface area contributed by atoms with Gasteiger partial charge in [-0.3, -0.25) is 4.57 Å². The van der Waals surface area contributed by atoms with Crippen molar-refractivity contribution in [1.29, 1.82) is 0 Å². The van der Waals surface area contributed by atoms with Crippen LogP contribution in [0.15, 0.2) is 48.0 Å². The largest absolute Gasteiger partial charge is 0.509 e. The van der Waals surface area contributed by atoms with Crippen molar-refractivity contribution < 1.29 is 24.1 Å². The minimum absolute atomic E-state index is 0.0720. The normalized spacial score (nSPS) is 13.8. The number of carboxylic acid groups (broad SMARTS) is 1. The van der Waals surface area contributed by atoms with Crippen molar-refractivity contribution in [2.45, 2.75) is 13.8 Å². The second kappa shape index (κ2) is 9.66. The van der Waals surface area contributed by atoms with Gasteiger partial charge in [0, 0.05) is 10.9 Å². The van der Waals surface area contributed by atoms with Crippen LogP contribution in [-0.4, -0.2) is 22.8 Å². The van der Waals surface area contributed by atoms with E-state index in [4.69, 9.17) is 37.9 Å². The molecule has 0 aliphatic rings. The zero-order chi connectivity index (χ0) is 19.9. The van der Waals surface area contributed by atoms with Gasteiger partial charge >= 0.3 is 5.97 Å². The van der Waals surface area contributed by atoms with Crippen molar-refractivity contribution >= 4 is 36.5 Å². The molecule has 0 aromatic heterocycles. The van der Waals surface area contributed by atoms with Crippen molar-refractivity contribution in [2.75, 3.05) is 6.61 Å². The first-order valence-electron chi connectivity index (χ1n) is 7.34. The Hall–Kier alpha value is -1.96. The summed E-state index contributed by atoms with van der Waals surface area (Å²) < 4.78 is 18.3. The predicted molar refractivity (Wildman–Crippen MR) is 104 cm³/mol. The van der Waals surface area contributed by atoms with Crippen LogP contribution in [0.4, 0.5) is 0 Å². The number of halogens is 2. The highest BCUT2D eigenvalue weighted by molar-refractivity contribution is 7.68. The molecule has 0 aliphatic heterocycles. The van der Waals surface area contributed by atoms with Gasteiger partial charge in [-0.15, -0.1) is 0 Å². The molecule has 1 rings (SSSR count). The summed E-state index contributed by atoms with van der Waals surface area (Å²) in [5, 5.41) is 18.3. The van der Waals surface area contributed by atoms with Crippen LogP contribution in [0, 0.1) is 11.6 Å². The highest BCUT2D eigenvalue weighted by atomic mass is 35.5. The van der Waals surface area contributed by atoms with E-state index in [1.807, 2.05) is 0 Å². The van der Waals surface area contributed by atoms with Crippen molar-refractivity contribution in [1.82, 2.24) is 0 Å². The van der Waals surface area contributed by atoms with Crippen molar-refractivity contribution in [3.63, 3.8) is 0 Å². The third kappa shape index (κ3) is 6.09. The Balaban J connectivity index is 3.30. The fourth-order valence-corrected chi connectivity index (χ4v) is 3.80. The monoisotopic (exact) mass is 414 g/mol. The molecule has 138 valence electrons. The summed E-state index contributed by atoms with van der Waals surface area (Å²) in [7, 11) is -3.46. The molecule has 2 N–H and O–H groups in total. The maximum atomic E-state index is 13.0. The summed E-state index contributed by atoms with van der Waals surface area (Å²) in [5.41, 5.74) is 2.66. The van der Waals surface area contributed by atoms with Crippen molar-refractivity contribution in [3.05, 3.63) is 69.2 Å². The number of hydrogen-bond acceptors (Lipinski definition) is 4. The number of allylic oxidation sites excluding steroid dienone is 4. The van der Waals surface area contributed by atoms with Crippen LogP contribution in [0.1, 0.15) is 29.8 Å². The molecule has 8 heteroatoms.